The first-order valence-electron chi connectivity index (χ1n) is 10.7. The van der Waals surface area contributed by atoms with E-state index in [1.807, 2.05) is 48.5 Å². The lowest BCUT2D eigenvalue weighted by Gasteiger charge is -2.16. The second-order valence-electron chi connectivity index (χ2n) is 7.40. The molecular formula is C27H22N2O5. The number of benzene rings is 3. The van der Waals surface area contributed by atoms with Crippen molar-refractivity contribution in [3.05, 3.63) is 101 Å². The van der Waals surface area contributed by atoms with Gasteiger partial charge in [0.15, 0.2) is 0 Å². The Bertz CT molecular complexity index is 1320. The van der Waals surface area contributed by atoms with Gasteiger partial charge in [0.05, 0.1) is 35.6 Å². The average molecular weight is 454 g/mol. The third-order valence-corrected chi connectivity index (χ3v) is 5.32. The summed E-state index contributed by atoms with van der Waals surface area (Å²) in [5, 5.41) is 11.2. The summed E-state index contributed by atoms with van der Waals surface area (Å²) >= 11 is 0. The fourth-order valence-electron chi connectivity index (χ4n) is 3.66. The zero-order chi connectivity index (χ0) is 24.1. The van der Waals surface area contributed by atoms with E-state index >= 15 is 0 Å². The molecule has 34 heavy (non-hydrogen) atoms. The number of methoxy groups -OCH3 is 1. The molecule has 0 aliphatic carbocycles. The van der Waals surface area contributed by atoms with Crippen molar-refractivity contribution >= 4 is 11.7 Å². The van der Waals surface area contributed by atoms with Crippen LogP contribution < -0.4 is 4.74 Å². The molecule has 0 radical (unpaired) electrons. The Balaban J connectivity index is 2.01. The van der Waals surface area contributed by atoms with Crippen LogP contribution in [-0.4, -0.2) is 29.6 Å². The zero-order valence-electron chi connectivity index (χ0n) is 18.7. The van der Waals surface area contributed by atoms with Gasteiger partial charge < -0.3 is 9.47 Å². The van der Waals surface area contributed by atoms with Crippen LogP contribution in [0.2, 0.25) is 0 Å². The average Bonchev–Trinajstić information content (AvgIpc) is 2.88. The number of ether oxygens (including phenoxy) is 2. The smallest absolute Gasteiger partial charge is 0.340 e. The molecule has 0 bridgehead atoms. The molecule has 0 saturated heterocycles. The summed E-state index contributed by atoms with van der Waals surface area (Å²) in [4.78, 5) is 28.7. The lowest BCUT2D eigenvalue weighted by Crippen LogP contribution is -2.10. The van der Waals surface area contributed by atoms with E-state index in [4.69, 9.17) is 14.5 Å². The highest BCUT2D eigenvalue weighted by atomic mass is 16.6. The topological polar surface area (TPSA) is 91.6 Å². The standard InChI is InChI=1S/C27H22N2O5/c1-3-34-27(30)25-23(18-9-13-21(14-10-18)29(31)32)17-24(19-7-5-4-6-8-19)28-26(25)20-11-15-22(33-2)16-12-20/h4-17H,3H2,1-2H3. The lowest BCUT2D eigenvalue weighted by atomic mass is 9.93. The van der Waals surface area contributed by atoms with Gasteiger partial charge in [-0.2, -0.15) is 0 Å². The largest absolute Gasteiger partial charge is 0.497 e. The maximum atomic E-state index is 13.2. The fourth-order valence-corrected chi connectivity index (χ4v) is 3.66. The van der Waals surface area contributed by atoms with Crippen LogP contribution in [0.1, 0.15) is 17.3 Å². The molecule has 0 atom stereocenters. The Morgan fingerprint density at radius 2 is 1.56 bits per heavy atom. The number of nitro benzene ring substituents is 1. The number of hydrogen-bond donors (Lipinski definition) is 0. The van der Waals surface area contributed by atoms with Gasteiger partial charge in [0.25, 0.3) is 5.69 Å². The van der Waals surface area contributed by atoms with Crippen LogP contribution >= 0.6 is 0 Å². The van der Waals surface area contributed by atoms with Crippen LogP contribution in [0.5, 0.6) is 5.75 Å². The number of hydrogen-bond acceptors (Lipinski definition) is 6. The Labute approximate surface area is 196 Å². The Morgan fingerprint density at radius 3 is 2.15 bits per heavy atom. The highest BCUT2D eigenvalue weighted by Gasteiger charge is 2.24. The summed E-state index contributed by atoms with van der Waals surface area (Å²) in [7, 11) is 1.58. The second-order valence-corrected chi connectivity index (χ2v) is 7.40. The summed E-state index contributed by atoms with van der Waals surface area (Å²) in [6.45, 7) is 1.93. The fraction of sp³-hybridized carbons (Fsp3) is 0.111. The SMILES string of the molecule is CCOC(=O)c1c(-c2ccc([N+](=O)[O-])cc2)cc(-c2ccccc2)nc1-c1ccc(OC)cc1. The van der Waals surface area contributed by atoms with E-state index in [9.17, 15) is 14.9 Å². The molecule has 0 unspecified atom stereocenters. The Kier molecular flexibility index (Phi) is 6.64. The third-order valence-electron chi connectivity index (χ3n) is 5.32. The van der Waals surface area contributed by atoms with Crippen molar-refractivity contribution in [1.29, 1.82) is 0 Å². The molecule has 0 aliphatic rings. The molecule has 1 aromatic heterocycles. The van der Waals surface area contributed by atoms with Gasteiger partial charge in [0, 0.05) is 28.8 Å². The van der Waals surface area contributed by atoms with E-state index in [1.165, 1.54) is 12.1 Å². The summed E-state index contributed by atoms with van der Waals surface area (Å²) in [5.41, 5.74) is 4.18. The molecule has 1 heterocycles. The second kappa shape index (κ2) is 9.95. The molecule has 4 rings (SSSR count). The predicted octanol–water partition coefficient (Wildman–Crippen LogP) is 6.18. The number of carbonyl (C=O) groups is 1. The lowest BCUT2D eigenvalue weighted by molar-refractivity contribution is -0.384. The van der Waals surface area contributed by atoms with Gasteiger partial charge in [0.1, 0.15) is 5.75 Å². The minimum Gasteiger partial charge on any atom is -0.497 e. The number of non-ortho nitro benzene ring substituents is 1. The summed E-state index contributed by atoms with van der Waals surface area (Å²) < 4.78 is 10.7. The minimum atomic E-state index is -0.520. The van der Waals surface area contributed by atoms with Crippen LogP contribution in [0.3, 0.4) is 0 Å². The quantitative estimate of drug-likeness (QED) is 0.188. The monoisotopic (exact) mass is 454 g/mol. The molecule has 0 N–H and O–H groups in total. The predicted molar refractivity (Wildman–Crippen MR) is 130 cm³/mol. The van der Waals surface area contributed by atoms with Crippen molar-refractivity contribution < 1.29 is 19.2 Å². The first-order chi connectivity index (χ1) is 16.5. The maximum absolute atomic E-state index is 13.2. The minimum absolute atomic E-state index is 0.0332. The molecule has 170 valence electrons. The number of carbonyl (C=O) groups excluding carboxylic acids is 1. The molecule has 7 heteroatoms. The molecule has 4 aromatic rings. The molecule has 0 fully saturated rings. The van der Waals surface area contributed by atoms with Crippen molar-refractivity contribution in [2.75, 3.05) is 13.7 Å². The van der Waals surface area contributed by atoms with Crippen LogP contribution in [0.15, 0.2) is 84.9 Å². The molecular weight excluding hydrogens is 432 g/mol. The summed E-state index contributed by atoms with van der Waals surface area (Å²) in [6, 6.07) is 24.8. The molecule has 0 amide bonds. The Morgan fingerprint density at radius 1 is 0.912 bits per heavy atom. The first-order valence-corrected chi connectivity index (χ1v) is 10.7. The van der Waals surface area contributed by atoms with E-state index in [0.717, 1.165) is 5.56 Å². The number of aromatic nitrogens is 1. The van der Waals surface area contributed by atoms with Crippen LogP contribution in [0.25, 0.3) is 33.6 Å². The van der Waals surface area contributed by atoms with Crippen molar-refractivity contribution in [2.45, 2.75) is 6.92 Å². The Hall–Kier alpha value is -4.52. The van der Waals surface area contributed by atoms with E-state index in [1.54, 1.807) is 38.3 Å². The van der Waals surface area contributed by atoms with Gasteiger partial charge in [-0.05, 0) is 55.0 Å². The maximum Gasteiger partial charge on any atom is 0.340 e. The normalized spacial score (nSPS) is 10.5. The van der Waals surface area contributed by atoms with Crippen molar-refractivity contribution in [3.8, 4) is 39.4 Å². The van der Waals surface area contributed by atoms with Gasteiger partial charge in [0.2, 0.25) is 0 Å². The van der Waals surface area contributed by atoms with Crippen LogP contribution in [0.4, 0.5) is 5.69 Å². The van der Waals surface area contributed by atoms with Gasteiger partial charge in [-0.15, -0.1) is 0 Å². The highest BCUT2D eigenvalue weighted by molar-refractivity contribution is 6.04. The number of nitro groups is 1. The number of esters is 1. The number of rotatable bonds is 7. The first kappa shape index (κ1) is 22.7. The summed E-state index contributed by atoms with van der Waals surface area (Å²) in [5.74, 6) is 0.157. The molecule has 7 nitrogen and oxygen atoms in total. The van der Waals surface area contributed by atoms with Gasteiger partial charge in [-0.3, -0.25) is 10.1 Å². The van der Waals surface area contributed by atoms with Gasteiger partial charge >= 0.3 is 5.97 Å². The zero-order valence-corrected chi connectivity index (χ0v) is 18.7. The summed E-state index contributed by atoms with van der Waals surface area (Å²) in [6.07, 6.45) is 0. The van der Waals surface area contributed by atoms with Crippen molar-refractivity contribution in [3.63, 3.8) is 0 Å². The van der Waals surface area contributed by atoms with Crippen molar-refractivity contribution in [1.82, 2.24) is 4.98 Å². The van der Waals surface area contributed by atoms with Gasteiger partial charge in [-0.25, -0.2) is 9.78 Å². The van der Waals surface area contributed by atoms with Crippen LogP contribution in [-0.2, 0) is 4.74 Å². The van der Waals surface area contributed by atoms with Gasteiger partial charge in [-0.1, -0.05) is 30.3 Å². The molecule has 0 saturated carbocycles. The number of pyridine rings is 1. The molecule has 0 spiro atoms. The highest BCUT2D eigenvalue weighted by Crippen LogP contribution is 2.36. The van der Waals surface area contributed by atoms with Crippen LogP contribution in [0, 0.1) is 10.1 Å². The molecule has 3 aromatic carbocycles. The number of nitrogens with zero attached hydrogens (tertiary/aromatic N) is 2. The van der Waals surface area contributed by atoms with E-state index in [0.29, 0.717) is 39.4 Å². The van der Waals surface area contributed by atoms with Crippen molar-refractivity contribution in [2.24, 2.45) is 0 Å². The van der Waals surface area contributed by atoms with E-state index in [2.05, 4.69) is 0 Å². The van der Waals surface area contributed by atoms with E-state index < -0.39 is 10.9 Å². The van der Waals surface area contributed by atoms with E-state index in [-0.39, 0.29) is 12.3 Å². The third kappa shape index (κ3) is 4.63. The molecule has 0 aliphatic heterocycles.